The molecule has 1 aliphatic heterocycles. The molecule has 3 N–H and O–H groups in total. The fourth-order valence-corrected chi connectivity index (χ4v) is 5.49. The Morgan fingerprint density at radius 2 is 2.06 bits per heavy atom. The van der Waals surface area contributed by atoms with E-state index in [0.29, 0.717) is 34.9 Å². The maximum Gasteiger partial charge on any atom is 0.303 e. The predicted molar refractivity (Wildman–Crippen MR) is 145 cm³/mol. The summed E-state index contributed by atoms with van der Waals surface area (Å²) in [4.78, 5) is 31.8. The van der Waals surface area contributed by atoms with Crippen LogP contribution >= 0.6 is 27.5 Å². The number of amides is 1. The molecule has 1 saturated heterocycles. The Bertz CT molecular complexity index is 1290. The molecule has 0 spiro atoms. The number of fused-ring (bicyclic) bond motifs is 1. The molecule has 9 heteroatoms. The largest absolute Gasteiger partial charge is 0.481 e. The Morgan fingerprint density at radius 3 is 2.78 bits per heavy atom. The summed E-state index contributed by atoms with van der Waals surface area (Å²) in [5.41, 5.74) is 2.76. The molecule has 2 aromatic carbocycles. The molecule has 1 amide bonds. The highest BCUT2D eigenvalue weighted by Gasteiger charge is 2.26. The molecule has 0 aliphatic carbocycles. The maximum absolute atomic E-state index is 13.7. The second-order valence-electron chi connectivity index (χ2n) is 9.20. The lowest BCUT2D eigenvalue weighted by Crippen LogP contribution is -2.39. The van der Waals surface area contributed by atoms with Crippen LogP contribution in [0.1, 0.15) is 53.1 Å². The Morgan fingerprint density at radius 1 is 1.28 bits per heavy atom. The van der Waals surface area contributed by atoms with Gasteiger partial charge in [0.2, 0.25) is 0 Å². The quantitative estimate of drug-likeness (QED) is 0.338. The number of aliphatic hydroxyl groups is 1. The first-order chi connectivity index (χ1) is 17.2. The van der Waals surface area contributed by atoms with Gasteiger partial charge in [-0.25, -0.2) is 4.98 Å². The van der Waals surface area contributed by atoms with Crippen LogP contribution in [0.25, 0.3) is 10.9 Å². The van der Waals surface area contributed by atoms with Crippen LogP contribution in [0.15, 0.2) is 46.9 Å². The number of hydrogen-bond acceptors (Lipinski definition) is 5. The van der Waals surface area contributed by atoms with Crippen molar-refractivity contribution in [3.8, 4) is 0 Å². The van der Waals surface area contributed by atoms with Crippen molar-refractivity contribution in [1.82, 2.24) is 10.3 Å². The minimum Gasteiger partial charge on any atom is -0.481 e. The van der Waals surface area contributed by atoms with E-state index in [1.54, 1.807) is 6.07 Å². The first-order valence-corrected chi connectivity index (χ1v) is 13.2. The third-order valence-electron chi connectivity index (χ3n) is 6.65. The van der Waals surface area contributed by atoms with Crippen molar-refractivity contribution in [2.45, 2.75) is 44.6 Å². The van der Waals surface area contributed by atoms with Crippen molar-refractivity contribution in [2.75, 3.05) is 24.5 Å². The normalized spacial score (nSPS) is 16.7. The molecule has 1 aliphatic rings. The molecular weight excluding hydrogens is 546 g/mol. The molecule has 0 radical (unpaired) electrons. The number of aliphatic hydroxyl groups excluding tert-OH is 1. The van der Waals surface area contributed by atoms with Crippen LogP contribution < -0.4 is 10.2 Å². The zero-order chi connectivity index (χ0) is 25.8. The molecule has 2 atom stereocenters. The molecule has 3 aromatic rings. The van der Waals surface area contributed by atoms with Crippen LogP contribution in [0, 0.1) is 6.92 Å². The Kier molecular flexibility index (Phi) is 8.49. The van der Waals surface area contributed by atoms with Crippen LogP contribution in [0.2, 0.25) is 5.02 Å². The highest BCUT2D eigenvalue weighted by Crippen LogP contribution is 2.32. The maximum atomic E-state index is 13.7. The number of pyridine rings is 1. The average Bonchev–Trinajstić information content (AvgIpc) is 2.84. The van der Waals surface area contributed by atoms with Gasteiger partial charge in [-0.15, -0.1) is 0 Å². The molecule has 2 unspecified atom stereocenters. The highest BCUT2D eigenvalue weighted by molar-refractivity contribution is 9.10. The van der Waals surface area contributed by atoms with Crippen LogP contribution in [0.4, 0.5) is 5.82 Å². The lowest BCUT2D eigenvalue weighted by atomic mass is 9.93. The molecule has 1 fully saturated rings. The zero-order valence-corrected chi connectivity index (χ0v) is 22.3. The van der Waals surface area contributed by atoms with Gasteiger partial charge in [-0.3, -0.25) is 9.59 Å². The summed E-state index contributed by atoms with van der Waals surface area (Å²) < 4.78 is 0.835. The average molecular weight is 575 g/mol. The number of piperidine rings is 1. The number of benzene rings is 2. The molecular formula is C27H29BrClN3O4. The van der Waals surface area contributed by atoms with E-state index in [-0.39, 0.29) is 24.8 Å². The fourth-order valence-electron chi connectivity index (χ4n) is 4.84. The summed E-state index contributed by atoms with van der Waals surface area (Å²) in [5.74, 6) is -0.713. The molecule has 7 nitrogen and oxygen atoms in total. The summed E-state index contributed by atoms with van der Waals surface area (Å²) in [5, 5.41) is 23.8. The van der Waals surface area contributed by atoms with E-state index in [9.17, 15) is 19.8 Å². The number of nitrogens with zero attached hydrogens (tertiary/aromatic N) is 2. The van der Waals surface area contributed by atoms with Gasteiger partial charge < -0.3 is 20.4 Å². The van der Waals surface area contributed by atoms with Gasteiger partial charge in [-0.05, 0) is 56.0 Å². The number of anilines is 1. The van der Waals surface area contributed by atoms with Crippen LogP contribution in [0.3, 0.4) is 0 Å². The van der Waals surface area contributed by atoms with E-state index in [2.05, 4.69) is 21.2 Å². The van der Waals surface area contributed by atoms with E-state index >= 15 is 0 Å². The van der Waals surface area contributed by atoms with E-state index in [1.807, 2.05) is 48.2 Å². The Labute approximate surface area is 223 Å². The van der Waals surface area contributed by atoms with Crippen molar-refractivity contribution in [3.63, 3.8) is 0 Å². The lowest BCUT2D eigenvalue weighted by molar-refractivity contribution is -0.137. The predicted octanol–water partition coefficient (Wildman–Crippen LogP) is 5.30. The van der Waals surface area contributed by atoms with Crippen LogP contribution in [-0.2, 0) is 4.79 Å². The van der Waals surface area contributed by atoms with Gasteiger partial charge >= 0.3 is 5.97 Å². The number of halogens is 2. The van der Waals surface area contributed by atoms with Gasteiger partial charge in [-0.1, -0.05) is 45.7 Å². The number of carboxylic acids is 1. The second kappa shape index (κ2) is 11.6. The lowest BCUT2D eigenvalue weighted by Gasteiger charge is -2.32. The number of carbonyl (C=O) groups excluding carboxylic acids is 1. The van der Waals surface area contributed by atoms with E-state index in [4.69, 9.17) is 16.6 Å². The van der Waals surface area contributed by atoms with Gasteiger partial charge in [0.25, 0.3) is 5.91 Å². The van der Waals surface area contributed by atoms with E-state index < -0.39 is 12.1 Å². The van der Waals surface area contributed by atoms with Gasteiger partial charge in [-0.2, -0.15) is 0 Å². The first kappa shape index (κ1) is 26.4. The minimum atomic E-state index is -0.896. The second-order valence-corrected chi connectivity index (χ2v) is 10.5. The summed E-state index contributed by atoms with van der Waals surface area (Å²) in [6.07, 6.45) is 1.49. The van der Waals surface area contributed by atoms with Crippen molar-refractivity contribution in [2.24, 2.45) is 0 Å². The van der Waals surface area contributed by atoms with E-state index in [0.717, 1.165) is 40.4 Å². The van der Waals surface area contributed by atoms with Gasteiger partial charge in [0.1, 0.15) is 5.82 Å². The van der Waals surface area contributed by atoms with E-state index in [1.165, 1.54) is 0 Å². The summed E-state index contributed by atoms with van der Waals surface area (Å²) in [6.45, 7) is 3.36. The molecule has 4 rings (SSSR count). The first-order valence-electron chi connectivity index (χ1n) is 12.0. The van der Waals surface area contributed by atoms with Crippen LogP contribution in [-0.4, -0.2) is 52.8 Å². The molecule has 0 saturated carbocycles. The minimum absolute atomic E-state index is 0.0304. The Hall–Kier alpha value is -2.68. The molecule has 1 aromatic heterocycles. The Balaban J connectivity index is 1.68. The number of aromatic nitrogens is 1. The van der Waals surface area contributed by atoms with Crippen LogP contribution in [0.5, 0.6) is 0 Å². The number of carbonyl (C=O) groups is 2. The summed E-state index contributed by atoms with van der Waals surface area (Å²) in [6, 6.07) is 13.0. The van der Waals surface area contributed by atoms with Crippen molar-refractivity contribution in [3.05, 3.63) is 68.7 Å². The van der Waals surface area contributed by atoms with Crippen molar-refractivity contribution >= 4 is 56.1 Å². The highest BCUT2D eigenvalue weighted by atomic mass is 79.9. The smallest absolute Gasteiger partial charge is 0.303 e. The molecule has 2 heterocycles. The summed E-state index contributed by atoms with van der Waals surface area (Å²) >= 11 is 9.91. The fraction of sp³-hybridized carbons (Fsp3) is 0.370. The number of carboxylic acid groups (broad SMARTS) is 1. The number of nitrogens with one attached hydrogen (secondary N) is 1. The summed E-state index contributed by atoms with van der Waals surface area (Å²) in [7, 11) is 0. The monoisotopic (exact) mass is 573 g/mol. The van der Waals surface area contributed by atoms with Crippen molar-refractivity contribution < 1.29 is 19.8 Å². The SMILES string of the molecule is Cc1c(N2CCCC(O)C2)nc2ccc(Br)cc2c1C(=O)NCC(CCC(=O)O)c1ccccc1Cl. The third-order valence-corrected chi connectivity index (χ3v) is 7.49. The number of β-amino-alcohol motifs (C(OH)–C–C–N with tert-alkyl or cyclic N) is 1. The molecule has 190 valence electrons. The topological polar surface area (TPSA) is 103 Å². The number of rotatable bonds is 8. The van der Waals surface area contributed by atoms with Gasteiger partial charge in [0, 0.05) is 52.4 Å². The van der Waals surface area contributed by atoms with Gasteiger partial charge in [0.05, 0.1) is 17.2 Å². The van der Waals surface area contributed by atoms with Crippen molar-refractivity contribution in [1.29, 1.82) is 0 Å². The number of hydrogen-bond donors (Lipinski definition) is 3. The zero-order valence-electron chi connectivity index (χ0n) is 20.0. The number of aliphatic carboxylic acids is 1. The third kappa shape index (κ3) is 5.99. The molecule has 36 heavy (non-hydrogen) atoms. The molecule has 0 bridgehead atoms. The standard InChI is InChI=1S/C27H29BrClN3O4/c1-16-25(27(36)30-14-17(8-11-24(34)35)20-6-2-3-7-22(20)29)21-13-18(28)9-10-23(21)31-26(16)32-12-4-5-19(33)15-32/h2-3,6-7,9-10,13,17,19,33H,4-5,8,11-12,14-15H2,1H3,(H,30,36)(H,34,35). The van der Waals surface area contributed by atoms with Gasteiger partial charge in [0.15, 0.2) is 0 Å².